The summed E-state index contributed by atoms with van der Waals surface area (Å²) in [6, 6.07) is 10.5. The second kappa shape index (κ2) is 8.11. The number of likely N-dealkylation sites (tertiary alicyclic amines) is 1. The van der Waals surface area contributed by atoms with Crippen LogP contribution in [0, 0.1) is 0 Å². The highest BCUT2D eigenvalue weighted by Crippen LogP contribution is 2.41. The van der Waals surface area contributed by atoms with Crippen molar-refractivity contribution in [3.05, 3.63) is 62.6 Å². The third-order valence-corrected chi connectivity index (χ3v) is 6.95. The zero-order chi connectivity index (χ0) is 20.8. The van der Waals surface area contributed by atoms with Crippen molar-refractivity contribution in [1.82, 2.24) is 4.90 Å². The normalized spacial score (nSPS) is 19.2. The number of β-amino-alcohol motifs (C(OH)–C–C–N with tert-alkyl or cyclic N) is 1. The van der Waals surface area contributed by atoms with Crippen LogP contribution in [0.1, 0.15) is 48.9 Å². The summed E-state index contributed by atoms with van der Waals surface area (Å²) >= 11 is 12.8. The Morgan fingerprint density at radius 1 is 1.03 bits per heavy atom. The van der Waals surface area contributed by atoms with Gasteiger partial charge in [-0.05, 0) is 54.2 Å². The lowest BCUT2D eigenvalue weighted by Crippen LogP contribution is -2.59. The van der Waals surface area contributed by atoms with E-state index in [9.17, 15) is 5.11 Å². The Morgan fingerprint density at radius 3 is 2.07 bits per heavy atom. The van der Waals surface area contributed by atoms with E-state index in [1.165, 1.54) is 22.3 Å². The summed E-state index contributed by atoms with van der Waals surface area (Å²) < 4.78 is 0. The fraction of sp³-hybridized carbons (Fsp3) is 0.500. The van der Waals surface area contributed by atoms with Crippen LogP contribution < -0.4 is 4.90 Å². The van der Waals surface area contributed by atoms with Gasteiger partial charge >= 0.3 is 0 Å². The topological polar surface area (TPSA) is 26.7 Å². The Morgan fingerprint density at radius 2 is 1.59 bits per heavy atom. The van der Waals surface area contributed by atoms with Crippen LogP contribution in [0.5, 0.6) is 0 Å². The zero-order valence-corrected chi connectivity index (χ0v) is 19.0. The molecule has 4 rings (SSSR count). The first kappa shape index (κ1) is 21.0. The van der Waals surface area contributed by atoms with Crippen molar-refractivity contribution in [3.8, 4) is 0 Å². The number of rotatable bonds is 6. The molecule has 2 aliphatic heterocycles. The van der Waals surface area contributed by atoms with Crippen LogP contribution in [0.3, 0.4) is 0 Å². The van der Waals surface area contributed by atoms with E-state index in [2.05, 4.69) is 35.8 Å². The van der Waals surface area contributed by atoms with Crippen LogP contribution in [0.15, 0.2) is 30.3 Å². The molecule has 0 radical (unpaired) electrons. The standard InChI is InChI=1S/C24H30Cl2N2O/c1-4-16-9-18(10-17(5-2)20(16)13-27-14-24(3,29)15-27)19-11-28(12-19)23-21(25)7-6-8-22(23)26/h6-10,19,29H,4-5,11-15H2,1-3H3. The molecule has 2 heterocycles. The maximum absolute atomic E-state index is 10.1. The Kier molecular flexibility index (Phi) is 5.87. The third-order valence-electron chi connectivity index (χ3n) is 6.34. The van der Waals surface area contributed by atoms with E-state index in [1.807, 2.05) is 25.1 Å². The van der Waals surface area contributed by atoms with Crippen LogP contribution in [0.2, 0.25) is 10.0 Å². The fourth-order valence-corrected chi connectivity index (χ4v) is 5.45. The number of benzene rings is 2. The van der Waals surface area contributed by atoms with Crippen molar-refractivity contribution in [2.24, 2.45) is 0 Å². The van der Waals surface area contributed by atoms with Crippen LogP contribution in [0.4, 0.5) is 5.69 Å². The summed E-state index contributed by atoms with van der Waals surface area (Å²) in [5.41, 5.74) is 6.21. The molecular weight excluding hydrogens is 403 g/mol. The smallest absolute Gasteiger partial charge is 0.0872 e. The van der Waals surface area contributed by atoms with E-state index in [-0.39, 0.29) is 0 Å². The highest BCUT2D eigenvalue weighted by molar-refractivity contribution is 6.39. The SMILES string of the molecule is CCc1cc(C2CN(c3c(Cl)cccc3Cl)C2)cc(CC)c1CN1CC(C)(O)C1. The molecule has 3 nitrogen and oxygen atoms in total. The van der Waals surface area contributed by atoms with E-state index in [0.717, 1.165) is 61.3 Å². The van der Waals surface area contributed by atoms with Crippen molar-refractivity contribution in [2.75, 3.05) is 31.1 Å². The van der Waals surface area contributed by atoms with Crippen LogP contribution in [-0.4, -0.2) is 41.8 Å². The number of nitrogens with zero attached hydrogens (tertiary/aromatic N) is 2. The van der Waals surface area contributed by atoms with Gasteiger partial charge in [-0.15, -0.1) is 0 Å². The van der Waals surface area contributed by atoms with Crippen LogP contribution in [0.25, 0.3) is 0 Å². The van der Waals surface area contributed by atoms with E-state index in [4.69, 9.17) is 23.2 Å². The van der Waals surface area contributed by atoms with Gasteiger partial charge in [0.25, 0.3) is 0 Å². The number of hydrogen-bond donors (Lipinski definition) is 1. The first-order chi connectivity index (χ1) is 13.8. The molecule has 0 bridgehead atoms. The first-order valence-corrected chi connectivity index (χ1v) is 11.3. The molecule has 0 aliphatic carbocycles. The minimum Gasteiger partial charge on any atom is -0.388 e. The number of aryl methyl sites for hydroxylation is 2. The average molecular weight is 433 g/mol. The molecule has 0 spiro atoms. The average Bonchev–Trinajstić information content (AvgIpc) is 2.61. The molecule has 156 valence electrons. The van der Waals surface area contributed by atoms with E-state index in [0.29, 0.717) is 5.92 Å². The molecule has 1 N–H and O–H groups in total. The largest absolute Gasteiger partial charge is 0.388 e. The number of halogens is 2. The van der Waals surface area contributed by atoms with E-state index >= 15 is 0 Å². The van der Waals surface area contributed by atoms with Crippen molar-refractivity contribution < 1.29 is 5.11 Å². The van der Waals surface area contributed by atoms with Gasteiger partial charge in [-0.2, -0.15) is 0 Å². The highest BCUT2D eigenvalue weighted by atomic mass is 35.5. The van der Waals surface area contributed by atoms with Gasteiger partial charge in [0.1, 0.15) is 0 Å². The summed E-state index contributed by atoms with van der Waals surface area (Å²) in [6.45, 7) is 10.8. The van der Waals surface area contributed by atoms with Gasteiger partial charge in [0.05, 0.1) is 21.3 Å². The number of aliphatic hydroxyl groups is 1. The summed E-state index contributed by atoms with van der Waals surface area (Å²) in [5, 5.41) is 11.5. The first-order valence-electron chi connectivity index (χ1n) is 10.6. The summed E-state index contributed by atoms with van der Waals surface area (Å²) in [4.78, 5) is 4.63. The van der Waals surface area contributed by atoms with Gasteiger partial charge in [-0.25, -0.2) is 0 Å². The van der Waals surface area contributed by atoms with Gasteiger partial charge in [0.2, 0.25) is 0 Å². The third kappa shape index (κ3) is 4.16. The summed E-state index contributed by atoms with van der Waals surface area (Å²) in [7, 11) is 0. The number of para-hydroxylation sites is 1. The minimum atomic E-state index is -0.520. The Balaban J connectivity index is 1.52. The Hall–Kier alpha value is -1.26. The maximum Gasteiger partial charge on any atom is 0.0872 e. The van der Waals surface area contributed by atoms with Crippen molar-refractivity contribution in [3.63, 3.8) is 0 Å². The van der Waals surface area contributed by atoms with E-state index < -0.39 is 5.60 Å². The predicted octanol–water partition coefficient (Wildman–Crippen LogP) is 5.29. The number of anilines is 1. The van der Waals surface area contributed by atoms with Crippen LogP contribution in [-0.2, 0) is 19.4 Å². The van der Waals surface area contributed by atoms with Crippen LogP contribution >= 0.6 is 23.2 Å². The highest BCUT2D eigenvalue weighted by Gasteiger charge is 2.37. The summed E-state index contributed by atoms with van der Waals surface area (Å²) in [6.07, 6.45) is 2.07. The number of hydrogen-bond acceptors (Lipinski definition) is 3. The molecule has 0 aromatic heterocycles. The molecular formula is C24H30Cl2N2O. The lowest BCUT2D eigenvalue weighted by atomic mass is 9.84. The molecule has 2 aromatic carbocycles. The Labute approximate surface area is 184 Å². The van der Waals surface area contributed by atoms with Gasteiger partial charge in [-0.3, -0.25) is 4.90 Å². The maximum atomic E-state index is 10.1. The molecule has 0 saturated carbocycles. The monoisotopic (exact) mass is 432 g/mol. The molecule has 2 aromatic rings. The second-order valence-corrected chi connectivity index (χ2v) is 9.65. The summed E-state index contributed by atoms with van der Waals surface area (Å²) in [5.74, 6) is 0.511. The van der Waals surface area contributed by atoms with Gasteiger partial charge in [0, 0.05) is 38.6 Å². The van der Waals surface area contributed by atoms with E-state index in [1.54, 1.807) is 0 Å². The fourth-order valence-electron chi connectivity index (χ4n) is 4.81. The lowest BCUT2D eigenvalue weighted by Gasteiger charge is -2.45. The Bertz CT molecular complexity index is 852. The van der Waals surface area contributed by atoms with Gasteiger partial charge < -0.3 is 10.0 Å². The molecule has 0 atom stereocenters. The molecule has 2 saturated heterocycles. The molecule has 2 aliphatic rings. The van der Waals surface area contributed by atoms with Crippen molar-refractivity contribution in [1.29, 1.82) is 0 Å². The van der Waals surface area contributed by atoms with Crippen molar-refractivity contribution >= 4 is 28.9 Å². The molecule has 2 fully saturated rings. The predicted molar refractivity (Wildman–Crippen MR) is 123 cm³/mol. The second-order valence-electron chi connectivity index (χ2n) is 8.84. The van der Waals surface area contributed by atoms with Crippen molar-refractivity contribution in [2.45, 2.75) is 51.7 Å². The minimum absolute atomic E-state index is 0.511. The molecule has 5 heteroatoms. The quantitative estimate of drug-likeness (QED) is 0.671. The molecule has 0 unspecified atom stereocenters. The van der Waals surface area contributed by atoms with Gasteiger partial charge in [-0.1, -0.05) is 55.2 Å². The lowest BCUT2D eigenvalue weighted by molar-refractivity contribution is -0.0872. The van der Waals surface area contributed by atoms with Gasteiger partial charge in [0.15, 0.2) is 0 Å². The zero-order valence-electron chi connectivity index (χ0n) is 17.5. The molecule has 29 heavy (non-hydrogen) atoms. The molecule has 0 amide bonds.